The molecule has 0 aliphatic carbocycles. The second kappa shape index (κ2) is 6.17. The normalized spacial score (nSPS) is 12.5. The Morgan fingerprint density at radius 1 is 1.44 bits per heavy atom. The molecule has 96 valence electrons. The Hall–Kier alpha value is -0.660. The summed E-state index contributed by atoms with van der Waals surface area (Å²) in [7, 11) is -2.12. The summed E-state index contributed by atoms with van der Waals surface area (Å²) < 4.78 is 30.0. The summed E-state index contributed by atoms with van der Waals surface area (Å²) in [5.41, 5.74) is 4.75. The van der Waals surface area contributed by atoms with Crippen LogP contribution < -0.4 is 10.5 Å². The molecule has 0 aliphatic heterocycles. The average Bonchev–Trinajstić information content (AvgIpc) is 2.15. The number of methoxy groups -OCH3 is 1. The first-order chi connectivity index (χ1) is 7.22. The van der Waals surface area contributed by atoms with Gasteiger partial charge in [0.25, 0.3) is 0 Å². The Kier molecular flexibility index (Phi) is 5.91. The summed E-state index contributed by atoms with van der Waals surface area (Å²) in [4.78, 5) is 10.8. The lowest BCUT2D eigenvalue weighted by Crippen LogP contribution is -2.49. The SMILES string of the molecule is COC(=O)CCCS(=O)(=O)NC(C)(C)CN. The van der Waals surface area contributed by atoms with Crippen LogP contribution in [-0.4, -0.2) is 39.3 Å². The minimum Gasteiger partial charge on any atom is -0.469 e. The van der Waals surface area contributed by atoms with E-state index in [-0.39, 0.29) is 25.1 Å². The van der Waals surface area contributed by atoms with Crippen LogP contribution in [0.2, 0.25) is 0 Å². The number of carbonyl (C=O) groups excluding carboxylic acids is 1. The van der Waals surface area contributed by atoms with Gasteiger partial charge in [-0.15, -0.1) is 0 Å². The van der Waals surface area contributed by atoms with E-state index in [9.17, 15) is 13.2 Å². The maximum absolute atomic E-state index is 11.6. The van der Waals surface area contributed by atoms with Crippen molar-refractivity contribution in [2.24, 2.45) is 5.73 Å². The van der Waals surface area contributed by atoms with E-state index in [1.165, 1.54) is 7.11 Å². The number of rotatable bonds is 7. The van der Waals surface area contributed by atoms with Crippen LogP contribution in [0.4, 0.5) is 0 Å². The molecule has 0 amide bonds. The predicted octanol–water partition coefficient (Wildman–Crippen LogP) is -0.404. The van der Waals surface area contributed by atoms with E-state index >= 15 is 0 Å². The van der Waals surface area contributed by atoms with E-state index in [4.69, 9.17) is 5.73 Å². The van der Waals surface area contributed by atoms with E-state index in [0.717, 1.165) is 0 Å². The third kappa shape index (κ3) is 6.76. The third-order valence-corrected chi connectivity index (χ3v) is 3.65. The van der Waals surface area contributed by atoms with Crippen molar-refractivity contribution in [3.8, 4) is 0 Å². The van der Waals surface area contributed by atoms with E-state index in [2.05, 4.69) is 9.46 Å². The summed E-state index contributed by atoms with van der Waals surface area (Å²) in [6, 6.07) is 0. The standard InChI is InChI=1S/C9H20N2O4S/c1-9(2,7-10)11-16(13,14)6-4-5-8(12)15-3/h11H,4-7,10H2,1-3H3. The first kappa shape index (κ1) is 15.3. The number of hydrogen-bond donors (Lipinski definition) is 2. The molecular weight excluding hydrogens is 232 g/mol. The fourth-order valence-corrected chi connectivity index (χ4v) is 2.57. The molecule has 3 N–H and O–H groups in total. The smallest absolute Gasteiger partial charge is 0.305 e. The number of ether oxygens (including phenoxy) is 1. The first-order valence-corrected chi connectivity index (χ1v) is 6.66. The molecule has 0 atom stereocenters. The second-order valence-corrected chi connectivity index (χ2v) is 6.03. The highest BCUT2D eigenvalue weighted by Crippen LogP contribution is 2.04. The zero-order chi connectivity index (χ0) is 12.8. The monoisotopic (exact) mass is 252 g/mol. The second-order valence-electron chi connectivity index (χ2n) is 4.19. The Balaban J connectivity index is 4.12. The van der Waals surface area contributed by atoms with Crippen LogP contribution in [-0.2, 0) is 19.6 Å². The van der Waals surface area contributed by atoms with Crippen LogP contribution in [0, 0.1) is 0 Å². The zero-order valence-corrected chi connectivity index (χ0v) is 10.8. The molecule has 16 heavy (non-hydrogen) atoms. The molecule has 6 nitrogen and oxygen atoms in total. The first-order valence-electron chi connectivity index (χ1n) is 5.01. The highest BCUT2D eigenvalue weighted by Gasteiger charge is 2.23. The fraction of sp³-hybridized carbons (Fsp3) is 0.889. The molecule has 0 aromatic heterocycles. The predicted molar refractivity (Wildman–Crippen MR) is 61.3 cm³/mol. The van der Waals surface area contributed by atoms with Gasteiger partial charge in [0, 0.05) is 18.5 Å². The maximum atomic E-state index is 11.6. The number of sulfonamides is 1. The molecule has 0 aromatic carbocycles. The number of nitrogens with one attached hydrogen (secondary N) is 1. The van der Waals surface area contributed by atoms with Crippen molar-refractivity contribution < 1.29 is 17.9 Å². The highest BCUT2D eigenvalue weighted by atomic mass is 32.2. The molecule has 7 heteroatoms. The Morgan fingerprint density at radius 3 is 2.44 bits per heavy atom. The lowest BCUT2D eigenvalue weighted by atomic mass is 10.1. The van der Waals surface area contributed by atoms with Crippen molar-refractivity contribution in [1.29, 1.82) is 0 Å². The number of nitrogens with two attached hydrogens (primary N) is 1. The largest absolute Gasteiger partial charge is 0.469 e. The van der Waals surface area contributed by atoms with Crippen LogP contribution in [0.25, 0.3) is 0 Å². The fourth-order valence-electron chi connectivity index (χ4n) is 1.02. The molecule has 0 bridgehead atoms. The lowest BCUT2D eigenvalue weighted by molar-refractivity contribution is -0.140. The van der Waals surface area contributed by atoms with Gasteiger partial charge in [0.05, 0.1) is 12.9 Å². The van der Waals surface area contributed by atoms with E-state index in [0.29, 0.717) is 0 Å². The molecule has 0 spiro atoms. The van der Waals surface area contributed by atoms with Crippen molar-refractivity contribution in [3.63, 3.8) is 0 Å². The van der Waals surface area contributed by atoms with Crippen molar-refractivity contribution in [1.82, 2.24) is 4.72 Å². The van der Waals surface area contributed by atoms with Gasteiger partial charge in [0.2, 0.25) is 10.0 Å². The van der Waals surface area contributed by atoms with Crippen molar-refractivity contribution in [2.45, 2.75) is 32.2 Å². The van der Waals surface area contributed by atoms with Crippen LogP contribution in [0.1, 0.15) is 26.7 Å². The topological polar surface area (TPSA) is 98.5 Å². The summed E-state index contributed by atoms with van der Waals surface area (Å²) >= 11 is 0. The van der Waals surface area contributed by atoms with Crippen LogP contribution in [0.15, 0.2) is 0 Å². The Morgan fingerprint density at radius 2 is 2.00 bits per heavy atom. The number of hydrogen-bond acceptors (Lipinski definition) is 5. The van der Waals surface area contributed by atoms with Gasteiger partial charge in [0.15, 0.2) is 0 Å². The van der Waals surface area contributed by atoms with Gasteiger partial charge in [0.1, 0.15) is 0 Å². The summed E-state index contributed by atoms with van der Waals surface area (Å²) in [6.07, 6.45) is 0.336. The number of carbonyl (C=O) groups is 1. The summed E-state index contributed by atoms with van der Waals surface area (Å²) in [6.45, 7) is 3.61. The van der Waals surface area contributed by atoms with Gasteiger partial charge >= 0.3 is 5.97 Å². The summed E-state index contributed by atoms with van der Waals surface area (Å²) in [5, 5.41) is 0. The Bertz CT molecular complexity index is 324. The molecule has 0 aromatic rings. The van der Waals surface area contributed by atoms with Crippen molar-refractivity contribution >= 4 is 16.0 Å². The Labute approximate surface area is 96.6 Å². The van der Waals surface area contributed by atoms with Gasteiger partial charge in [-0.25, -0.2) is 13.1 Å². The van der Waals surface area contributed by atoms with E-state index < -0.39 is 21.5 Å². The molecule has 0 unspecified atom stereocenters. The minimum absolute atomic E-state index is 0.0977. The molecule has 0 heterocycles. The van der Waals surface area contributed by atoms with Gasteiger partial charge < -0.3 is 10.5 Å². The van der Waals surface area contributed by atoms with Gasteiger partial charge in [-0.3, -0.25) is 4.79 Å². The van der Waals surface area contributed by atoms with Crippen LogP contribution in [0.3, 0.4) is 0 Å². The van der Waals surface area contributed by atoms with Crippen molar-refractivity contribution in [2.75, 3.05) is 19.4 Å². The molecule has 0 fully saturated rings. The molecule has 0 saturated heterocycles. The highest BCUT2D eigenvalue weighted by molar-refractivity contribution is 7.89. The van der Waals surface area contributed by atoms with Gasteiger partial charge in [-0.2, -0.15) is 0 Å². The van der Waals surface area contributed by atoms with Gasteiger partial charge in [-0.05, 0) is 20.3 Å². The quantitative estimate of drug-likeness (QED) is 0.600. The number of esters is 1. The van der Waals surface area contributed by atoms with Gasteiger partial charge in [-0.1, -0.05) is 0 Å². The average molecular weight is 252 g/mol. The molecule has 0 radical (unpaired) electrons. The summed E-state index contributed by atoms with van der Waals surface area (Å²) in [5.74, 6) is -0.515. The minimum atomic E-state index is -3.39. The van der Waals surface area contributed by atoms with Crippen molar-refractivity contribution in [3.05, 3.63) is 0 Å². The molecule has 0 aliphatic rings. The lowest BCUT2D eigenvalue weighted by Gasteiger charge is -2.23. The molecule has 0 saturated carbocycles. The van der Waals surface area contributed by atoms with Crippen LogP contribution >= 0.6 is 0 Å². The molecular formula is C9H20N2O4S. The zero-order valence-electron chi connectivity index (χ0n) is 9.95. The van der Waals surface area contributed by atoms with Crippen LogP contribution in [0.5, 0.6) is 0 Å². The van der Waals surface area contributed by atoms with E-state index in [1.807, 2.05) is 0 Å². The van der Waals surface area contributed by atoms with E-state index in [1.54, 1.807) is 13.8 Å². The third-order valence-electron chi connectivity index (χ3n) is 1.96. The maximum Gasteiger partial charge on any atom is 0.305 e. The molecule has 0 rings (SSSR count).